The van der Waals surface area contributed by atoms with Crippen molar-refractivity contribution in [3.63, 3.8) is 0 Å². The molecule has 1 amide bonds. The number of pyridine rings is 1. The van der Waals surface area contributed by atoms with Crippen LogP contribution in [0.2, 0.25) is 0 Å². The Kier molecular flexibility index (Phi) is 5.26. The minimum Gasteiger partial charge on any atom is -0.478 e. The molecule has 6 nitrogen and oxygen atoms in total. The Hall–Kier alpha value is -1.95. The molecule has 1 heterocycles. The second-order valence-electron chi connectivity index (χ2n) is 4.05. The third kappa shape index (κ3) is 4.50. The number of hydrogen-bond acceptors (Lipinski definition) is 4. The fourth-order valence-electron chi connectivity index (χ4n) is 1.45. The number of amides is 1. The Morgan fingerprint density at radius 2 is 2.22 bits per heavy atom. The predicted octanol–water partition coefficient (Wildman–Crippen LogP) is 1.39. The molecule has 0 aromatic carbocycles. The number of ether oxygens (including phenoxy) is 1. The van der Waals surface area contributed by atoms with Crippen LogP contribution in [0.25, 0.3) is 0 Å². The van der Waals surface area contributed by atoms with Crippen molar-refractivity contribution in [2.45, 2.75) is 13.3 Å². The van der Waals surface area contributed by atoms with Gasteiger partial charge in [-0.1, -0.05) is 6.92 Å². The number of carboxylic acid groups (broad SMARTS) is 1. The van der Waals surface area contributed by atoms with Gasteiger partial charge in [0.15, 0.2) is 0 Å². The average molecular weight is 252 g/mol. The first-order valence-electron chi connectivity index (χ1n) is 5.51. The Morgan fingerprint density at radius 1 is 1.50 bits per heavy atom. The second-order valence-corrected chi connectivity index (χ2v) is 4.05. The minimum atomic E-state index is -1.05. The lowest BCUT2D eigenvalue weighted by atomic mass is 10.1. The minimum absolute atomic E-state index is 0.0840. The normalized spacial score (nSPS) is 11.9. The zero-order valence-corrected chi connectivity index (χ0v) is 10.3. The summed E-state index contributed by atoms with van der Waals surface area (Å²) in [6, 6.07) is 2.85. The van der Waals surface area contributed by atoms with Crippen molar-refractivity contribution < 1.29 is 19.4 Å². The van der Waals surface area contributed by atoms with Crippen molar-refractivity contribution in [3.8, 4) is 0 Å². The lowest BCUT2D eigenvalue weighted by molar-refractivity contribution is -0.117. The second kappa shape index (κ2) is 6.70. The first-order chi connectivity index (χ1) is 8.52. The van der Waals surface area contributed by atoms with Gasteiger partial charge in [0.25, 0.3) is 0 Å². The Bertz CT molecular complexity index is 417. The predicted molar refractivity (Wildman–Crippen MR) is 65.5 cm³/mol. The van der Waals surface area contributed by atoms with Gasteiger partial charge in [0.05, 0.1) is 5.56 Å². The third-order valence-electron chi connectivity index (χ3n) is 2.26. The van der Waals surface area contributed by atoms with Gasteiger partial charge < -0.3 is 15.2 Å². The van der Waals surface area contributed by atoms with Crippen LogP contribution in [0.1, 0.15) is 23.7 Å². The van der Waals surface area contributed by atoms with Crippen LogP contribution in [0, 0.1) is 5.92 Å². The fourth-order valence-corrected chi connectivity index (χ4v) is 1.45. The summed E-state index contributed by atoms with van der Waals surface area (Å²) in [4.78, 5) is 26.1. The summed E-state index contributed by atoms with van der Waals surface area (Å²) in [6.45, 7) is 2.42. The van der Waals surface area contributed by atoms with Gasteiger partial charge in [-0.15, -0.1) is 0 Å². The van der Waals surface area contributed by atoms with Crippen molar-refractivity contribution in [1.29, 1.82) is 0 Å². The van der Waals surface area contributed by atoms with Crippen LogP contribution in [-0.2, 0) is 9.53 Å². The van der Waals surface area contributed by atoms with E-state index in [1.54, 1.807) is 7.11 Å². The van der Waals surface area contributed by atoms with E-state index in [2.05, 4.69) is 10.3 Å². The van der Waals surface area contributed by atoms with Gasteiger partial charge in [-0.25, -0.2) is 9.78 Å². The van der Waals surface area contributed by atoms with Crippen LogP contribution in [0.15, 0.2) is 18.3 Å². The molecule has 0 spiro atoms. The number of nitrogens with one attached hydrogen (secondary N) is 1. The van der Waals surface area contributed by atoms with Crippen molar-refractivity contribution in [2.24, 2.45) is 5.92 Å². The third-order valence-corrected chi connectivity index (χ3v) is 2.26. The highest BCUT2D eigenvalue weighted by Crippen LogP contribution is 2.08. The van der Waals surface area contributed by atoms with Gasteiger partial charge in [-0.3, -0.25) is 4.79 Å². The van der Waals surface area contributed by atoms with Crippen molar-refractivity contribution in [3.05, 3.63) is 23.9 Å². The molecule has 2 N–H and O–H groups in total. The molecule has 1 aromatic rings. The quantitative estimate of drug-likeness (QED) is 0.798. The monoisotopic (exact) mass is 252 g/mol. The summed E-state index contributed by atoms with van der Waals surface area (Å²) in [6.07, 6.45) is 1.53. The van der Waals surface area contributed by atoms with E-state index in [9.17, 15) is 9.59 Å². The summed E-state index contributed by atoms with van der Waals surface area (Å²) in [5, 5.41) is 11.3. The number of carbonyl (C=O) groups excluding carboxylic acids is 1. The van der Waals surface area contributed by atoms with Gasteiger partial charge in [0.2, 0.25) is 5.91 Å². The standard InChI is InChI=1S/C12H16N2O4/c1-8(7-18-2)5-11(15)14-10-4-3-9(6-13-10)12(16)17/h3-4,6,8H,5,7H2,1-2H3,(H,16,17)(H,13,14,15). The zero-order chi connectivity index (χ0) is 13.5. The van der Waals surface area contributed by atoms with Crippen LogP contribution in [0.5, 0.6) is 0 Å². The Morgan fingerprint density at radius 3 is 2.72 bits per heavy atom. The maximum atomic E-state index is 11.6. The number of rotatable bonds is 6. The lowest BCUT2D eigenvalue weighted by Gasteiger charge is -2.09. The largest absolute Gasteiger partial charge is 0.478 e. The molecule has 6 heteroatoms. The van der Waals surface area contributed by atoms with Crippen LogP contribution < -0.4 is 5.32 Å². The molecule has 1 rings (SSSR count). The van der Waals surface area contributed by atoms with E-state index >= 15 is 0 Å². The van der Waals surface area contributed by atoms with Crippen molar-refractivity contribution >= 4 is 17.7 Å². The highest BCUT2D eigenvalue weighted by molar-refractivity contribution is 5.91. The van der Waals surface area contributed by atoms with Gasteiger partial charge in [-0.2, -0.15) is 0 Å². The molecule has 0 saturated carbocycles. The maximum Gasteiger partial charge on any atom is 0.337 e. The van der Waals surface area contributed by atoms with Gasteiger partial charge >= 0.3 is 5.97 Å². The SMILES string of the molecule is COCC(C)CC(=O)Nc1ccc(C(=O)O)cn1. The molecule has 0 bridgehead atoms. The van der Waals surface area contributed by atoms with E-state index in [1.807, 2.05) is 6.92 Å². The van der Waals surface area contributed by atoms with Crippen molar-refractivity contribution in [2.75, 3.05) is 19.0 Å². The van der Waals surface area contributed by atoms with Crippen LogP contribution in [-0.4, -0.2) is 35.7 Å². The molecule has 0 aliphatic heterocycles. The zero-order valence-electron chi connectivity index (χ0n) is 10.3. The number of aromatic nitrogens is 1. The van der Waals surface area contributed by atoms with Crippen LogP contribution in [0.4, 0.5) is 5.82 Å². The molecular weight excluding hydrogens is 236 g/mol. The fraction of sp³-hybridized carbons (Fsp3) is 0.417. The molecular formula is C12H16N2O4. The summed E-state index contributed by atoms with van der Waals surface area (Å²) < 4.78 is 4.94. The van der Waals surface area contributed by atoms with Crippen molar-refractivity contribution in [1.82, 2.24) is 4.98 Å². The molecule has 98 valence electrons. The molecule has 1 unspecified atom stereocenters. The number of hydrogen-bond donors (Lipinski definition) is 2. The van der Waals surface area contributed by atoms with E-state index in [0.29, 0.717) is 18.8 Å². The van der Waals surface area contributed by atoms with E-state index in [0.717, 1.165) is 0 Å². The smallest absolute Gasteiger partial charge is 0.337 e. The van der Waals surface area contributed by atoms with E-state index in [4.69, 9.17) is 9.84 Å². The first kappa shape index (κ1) is 14.1. The topological polar surface area (TPSA) is 88.5 Å². The van der Waals surface area contributed by atoms with E-state index in [-0.39, 0.29) is 17.4 Å². The van der Waals surface area contributed by atoms with Crippen LogP contribution >= 0.6 is 0 Å². The molecule has 0 aliphatic rings. The first-order valence-corrected chi connectivity index (χ1v) is 5.51. The highest BCUT2D eigenvalue weighted by atomic mass is 16.5. The molecule has 0 saturated heterocycles. The Balaban J connectivity index is 2.51. The van der Waals surface area contributed by atoms with Gasteiger partial charge in [-0.05, 0) is 18.1 Å². The highest BCUT2D eigenvalue weighted by Gasteiger charge is 2.10. The van der Waals surface area contributed by atoms with Crippen LogP contribution in [0.3, 0.4) is 0 Å². The Labute approximate surface area is 105 Å². The van der Waals surface area contributed by atoms with E-state index in [1.165, 1.54) is 18.3 Å². The van der Waals surface area contributed by atoms with Gasteiger partial charge in [0, 0.05) is 26.3 Å². The maximum absolute atomic E-state index is 11.6. The number of nitrogens with zero attached hydrogens (tertiary/aromatic N) is 1. The van der Waals surface area contributed by atoms with E-state index < -0.39 is 5.97 Å². The average Bonchev–Trinajstić information content (AvgIpc) is 2.29. The lowest BCUT2D eigenvalue weighted by Crippen LogP contribution is -2.18. The molecule has 1 atom stereocenters. The summed E-state index contributed by atoms with van der Waals surface area (Å²) in [5.41, 5.74) is 0.0840. The summed E-state index contributed by atoms with van der Waals surface area (Å²) in [5.74, 6) is -0.757. The molecule has 0 fully saturated rings. The summed E-state index contributed by atoms with van der Waals surface area (Å²) >= 11 is 0. The molecule has 1 aromatic heterocycles. The molecule has 0 aliphatic carbocycles. The molecule has 18 heavy (non-hydrogen) atoms. The number of carbonyl (C=O) groups is 2. The number of methoxy groups -OCH3 is 1. The van der Waals surface area contributed by atoms with Gasteiger partial charge in [0.1, 0.15) is 5.82 Å². The number of anilines is 1. The summed E-state index contributed by atoms with van der Waals surface area (Å²) in [7, 11) is 1.58. The number of carboxylic acids is 1. The number of aromatic carboxylic acids is 1. The molecule has 0 radical (unpaired) electrons.